The van der Waals surface area contributed by atoms with Gasteiger partial charge in [-0.1, -0.05) is 11.8 Å². The molecule has 0 unspecified atom stereocenters. The molecule has 0 aromatic carbocycles. The van der Waals surface area contributed by atoms with Crippen LogP contribution in [0.15, 0.2) is 28.3 Å². The van der Waals surface area contributed by atoms with Crippen LogP contribution in [0.1, 0.15) is 11.4 Å². The standard InChI is InChI=1S/C13H13N7O2S/c1-7-5-8(2)20-12(15-7)18-11(19-20)16-10(22)6-23-13-14-4-3-9(21)17-13/h3-5H,6H2,1-2H3,(H,14,17,21)(H,16,19,22). The summed E-state index contributed by atoms with van der Waals surface area (Å²) in [6.45, 7) is 3.75. The van der Waals surface area contributed by atoms with Gasteiger partial charge in [-0.25, -0.2) is 9.97 Å². The fraction of sp³-hybridized carbons (Fsp3) is 0.231. The number of anilines is 1. The molecule has 0 bridgehead atoms. The number of hydrogen-bond donors (Lipinski definition) is 2. The zero-order valence-corrected chi connectivity index (χ0v) is 13.2. The molecule has 10 heteroatoms. The molecule has 0 aliphatic rings. The highest BCUT2D eigenvalue weighted by molar-refractivity contribution is 7.99. The monoisotopic (exact) mass is 331 g/mol. The highest BCUT2D eigenvalue weighted by Crippen LogP contribution is 2.11. The molecule has 0 radical (unpaired) electrons. The van der Waals surface area contributed by atoms with Crippen molar-refractivity contribution >= 4 is 29.4 Å². The first kappa shape index (κ1) is 15.2. The van der Waals surface area contributed by atoms with Gasteiger partial charge in [-0.2, -0.15) is 9.50 Å². The zero-order chi connectivity index (χ0) is 16.4. The fourth-order valence-electron chi connectivity index (χ4n) is 1.94. The Bertz CT molecular complexity index is 933. The van der Waals surface area contributed by atoms with Crippen molar-refractivity contribution in [2.24, 2.45) is 0 Å². The average Bonchev–Trinajstić information content (AvgIpc) is 2.88. The molecule has 0 aliphatic heterocycles. The van der Waals surface area contributed by atoms with E-state index in [2.05, 4.69) is 30.4 Å². The van der Waals surface area contributed by atoms with Gasteiger partial charge in [0.1, 0.15) is 0 Å². The van der Waals surface area contributed by atoms with E-state index in [-0.39, 0.29) is 23.2 Å². The number of hydrogen-bond acceptors (Lipinski definition) is 7. The van der Waals surface area contributed by atoms with Crippen LogP contribution in [0.3, 0.4) is 0 Å². The van der Waals surface area contributed by atoms with Crippen LogP contribution in [0.4, 0.5) is 5.95 Å². The predicted octanol–water partition coefficient (Wildman–Crippen LogP) is 0.555. The molecule has 1 amide bonds. The van der Waals surface area contributed by atoms with Crippen molar-refractivity contribution in [2.45, 2.75) is 19.0 Å². The first-order chi connectivity index (χ1) is 11.0. The van der Waals surface area contributed by atoms with Gasteiger partial charge in [0.25, 0.3) is 17.3 Å². The number of rotatable bonds is 4. The van der Waals surface area contributed by atoms with Gasteiger partial charge in [-0.05, 0) is 19.9 Å². The summed E-state index contributed by atoms with van der Waals surface area (Å²) in [6.07, 6.45) is 1.39. The Morgan fingerprint density at radius 2 is 2.22 bits per heavy atom. The second-order valence-corrected chi connectivity index (χ2v) is 5.73. The zero-order valence-electron chi connectivity index (χ0n) is 12.4. The molecule has 0 spiro atoms. The number of carbonyl (C=O) groups excluding carboxylic acids is 1. The van der Waals surface area contributed by atoms with Gasteiger partial charge in [0.05, 0.1) is 5.75 Å². The summed E-state index contributed by atoms with van der Waals surface area (Å²) in [5.41, 5.74) is 1.44. The van der Waals surface area contributed by atoms with Crippen LogP contribution < -0.4 is 10.9 Å². The molecule has 0 fully saturated rings. The molecule has 23 heavy (non-hydrogen) atoms. The molecule has 2 N–H and O–H groups in total. The Balaban J connectivity index is 1.68. The summed E-state index contributed by atoms with van der Waals surface area (Å²) in [7, 11) is 0. The van der Waals surface area contributed by atoms with Gasteiger partial charge in [-0.3, -0.25) is 14.9 Å². The van der Waals surface area contributed by atoms with E-state index in [0.717, 1.165) is 23.1 Å². The third-order valence-corrected chi connectivity index (χ3v) is 3.74. The van der Waals surface area contributed by atoms with E-state index in [1.165, 1.54) is 12.3 Å². The maximum Gasteiger partial charge on any atom is 0.254 e. The molecule has 9 nitrogen and oxygen atoms in total. The molecule has 0 saturated heterocycles. The number of carbonyl (C=O) groups is 1. The second kappa shape index (κ2) is 6.16. The van der Waals surface area contributed by atoms with Crippen LogP contribution in [0.25, 0.3) is 5.78 Å². The maximum absolute atomic E-state index is 11.9. The molecule has 3 rings (SSSR count). The highest BCUT2D eigenvalue weighted by Gasteiger charge is 2.11. The molecule has 118 valence electrons. The molecular weight excluding hydrogens is 318 g/mol. The highest BCUT2D eigenvalue weighted by atomic mass is 32.2. The number of H-pyrrole nitrogens is 1. The van der Waals surface area contributed by atoms with E-state index in [1.54, 1.807) is 4.52 Å². The van der Waals surface area contributed by atoms with E-state index in [4.69, 9.17) is 0 Å². The minimum atomic E-state index is -0.299. The van der Waals surface area contributed by atoms with E-state index < -0.39 is 0 Å². The number of aromatic nitrogens is 6. The Labute approximate surface area is 134 Å². The van der Waals surface area contributed by atoms with E-state index >= 15 is 0 Å². The first-order valence-electron chi connectivity index (χ1n) is 6.70. The molecule has 0 aliphatic carbocycles. The number of nitrogens with one attached hydrogen (secondary N) is 2. The van der Waals surface area contributed by atoms with Gasteiger partial charge in [0.2, 0.25) is 5.91 Å². The number of aromatic amines is 1. The third kappa shape index (κ3) is 3.54. The molecule has 0 saturated carbocycles. The maximum atomic E-state index is 11.9. The lowest BCUT2D eigenvalue weighted by molar-refractivity contribution is -0.113. The van der Waals surface area contributed by atoms with Crippen LogP contribution in [0.5, 0.6) is 0 Å². The van der Waals surface area contributed by atoms with Crippen molar-refractivity contribution in [1.82, 2.24) is 29.5 Å². The summed E-state index contributed by atoms with van der Waals surface area (Å²) in [6, 6.07) is 3.18. The van der Waals surface area contributed by atoms with Crippen molar-refractivity contribution < 1.29 is 4.79 Å². The van der Waals surface area contributed by atoms with Crippen LogP contribution in [0, 0.1) is 13.8 Å². The summed E-state index contributed by atoms with van der Waals surface area (Å²) >= 11 is 1.12. The van der Waals surface area contributed by atoms with Crippen molar-refractivity contribution in [3.05, 3.63) is 40.1 Å². The minimum Gasteiger partial charge on any atom is -0.301 e. The summed E-state index contributed by atoms with van der Waals surface area (Å²) < 4.78 is 1.56. The van der Waals surface area contributed by atoms with Crippen molar-refractivity contribution in [1.29, 1.82) is 0 Å². The number of nitrogens with zero attached hydrogens (tertiary/aromatic N) is 5. The molecule has 3 aromatic rings. The molecule has 3 aromatic heterocycles. The van der Waals surface area contributed by atoms with Gasteiger partial charge < -0.3 is 4.98 Å². The minimum absolute atomic E-state index is 0.0773. The smallest absolute Gasteiger partial charge is 0.254 e. The van der Waals surface area contributed by atoms with Gasteiger partial charge in [0, 0.05) is 23.7 Å². The predicted molar refractivity (Wildman–Crippen MR) is 84.5 cm³/mol. The SMILES string of the molecule is Cc1cc(C)n2nc(NC(=O)CSc3nccc(=O)[nH]3)nc2n1. The first-order valence-corrected chi connectivity index (χ1v) is 7.69. The summed E-state index contributed by atoms with van der Waals surface area (Å²) in [5, 5.41) is 7.17. The lowest BCUT2D eigenvalue weighted by Crippen LogP contribution is -2.16. The normalized spacial score (nSPS) is 10.9. The average molecular weight is 331 g/mol. The van der Waals surface area contributed by atoms with Crippen LogP contribution >= 0.6 is 11.8 Å². The van der Waals surface area contributed by atoms with E-state index in [0.29, 0.717) is 10.9 Å². The number of thioether (sulfide) groups is 1. The Kier molecular flexibility index (Phi) is 4.06. The Hall–Kier alpha value is -2.75. The van der Waals surface area contributed by atoms with Crippen LogP contribution in [0.2, 0.25) is 0 Å². The second-order valence-electron chi connectivity index (χ2n) is 4.76. The van der Waals surface area contributed by atoms with Crippen molar-refractivity contribution in [2.75, 3.05) is 11.1 Å². The van der Waals surface area contributed by atoms with Gasteiger partial charge >= 0.3 is 0 Å². The number of amides is 1. The van der Waals surface area contributed by atoms with Crippen molar-refractivity contribution in [3.8, 4) is 0 Å². The quantitative estimate of drug-likeness (QED) is 0.529. The lowest BCUT2D eigenvalue weighted by Gasteiger charge is -2.00. The third-order valence-electron chi connectivity index (χ3n) is 2.86. The van der Waals surface area contributed by atoms with Crippen LogP contribution in [-0.2, 0) is 4.79 Å². The van der Waals surface area contributed by atoms with Crippen molar-refractivity contribution in [3.63, 3.8) is 0 Å². The molecular formula is C13H13N7O2S. The van der Waals surface area contributed by atoms with Gasteiger partial charge in [0.15, 0.2) is 5.16 Å². The largest absolute Gasteiger partial charge is 0.301 e. The Morgan fingerprint density at radius 3 is 3.00 bits per heavy atom. The molecule has 3 heterocycles. The van der Waals surface area contributed by atoms with E-state index in [9.17, 15) is 9.59 Å². The number of fused-ring (bicyclic) bond motifs is 1. The summed E-state index contributed by atoms with van der Waals surface area (Å²) in [5.74, 6) is 0.395. The summed E-state index contributed by atoms with van der Waals surface area (Å²) in [4.78, 5) is 38.0. The Morgan fingerprint density at radius 1 is 1.39 bits per heavy atom. The topological polar surface area (TPSA) is 118 Å². The fourth-order valence-corrected chi connectivity index (χ4v) is 2.59. The van der Waals surface area contributed by atoms with Gasteiger partial charge in [-0.15, -0.1) is 5.10 Å². The lowest BCUT2D eigenvalue weighted by atomic mass is 10.4. The van der Waals surface area contributed by atoms with Crippen LogP contribution in [-0.4, -0.2) is 41.2 Å². The molecule has 0 atom stereocenters. The number of aryl methyl sites for hydroxylation is 2. The van der Waals surface area contributed by atoms with E-state index in [1.807, 2.05) is 19.9 Å².